The molecule has 5 nitrogen and oxygen atoms in total. The van der Waals surface area contributed by atoms with Gasteiger partial charge in [0.2, 0.25) is 0 Å². The maximum atomic E-state index is 9.40. The molecule has 4 rings (SSSR count). The van der Waals surface area contributed by atoms with Gasteiger partial charge in [-0.05, 0) is 42.4 Å². The first-order valence-corrected chi connectivity index (χ1v) is 10.0. The molecule has 0 saturated carbocycles. The average molecular weight is 369 g/mol. The summed E-state index contributed by atoms with van der Waals surface area (Å²) in [6.07, 6.45) is 6.43. The molecule has 0 atom stereocenters. The van der Waals surface area contributed by atoms with E-state index in [4.69, 9.17) is 0 Å². The van der Waals surface area contributed by atoms with Crippen LogP contribution in [0.4, 0.5) is 5.82 Å². The minimum atomic E-state index is 0.0177. The highest BCUT2D eigenvalue weighted by Gasteiger charge is 2.19. The van der Waals surface area contributed by atoms with Crippen LogP contribution in [0.25, 0.3) is 21.3 Å². The molecule has 1 aliphatic rings. The van der Waals surface area contributed by atoms with Gasteiger partial charge in [-0.3, -0.25) is 0 Å². The van der Waals surface area contributed by atoms with Crippen molar-refractivity contribution in [3.63, 3.8) is 0 Å². The van der Waals surface area contributed by atoms with E-state index in [1.165, 1.54) is 36.0 Å². The maximum absolute atomic E-state index is 9.40. The van der Waals surface area contributed by atoms with Gasteiger partial charge in [0.1, 0.15) is 17.0 Å². The van der Waals surface area contributed by atoms with E-state index in [1.54, 1.807) is 17.7 Å². The molecule has 0 bridgehead atoms. The Morgan fingerprint density at radius 2 is 1.77 bits per heavy atom. The minimum absolute atomic E-state index is 0.0177. The van der Waals surface area contributed by atoms with Crippen LogP contribution in [0.5, 0.6) is 0 Å². The van der Waals surface area contributed by atoms with Crippen molar-refractivity contribution >= 4 is 27.4 Å². The van der Waals surface area contributed by atoms with E-state index in [1.807, 2.05) is 4.90 Å². The Kier molecular flexibility index (Phi) is 5.15. The van der Waals surface area contributed by atoms with Crippen LogP contribution < -0.4 is 4.90 Å². The number of aryl methyl sites for hydroxylation is 2. The second-order valence-electron chi connectivity index (χ2n) is 6.65. The Bertz CT molecular complexity index is 903. The maximum Gasteiger partial charge on any atom is 0.141 e. The molecule has 3 aromatic rings. The number of hydrogen-bond acceptors (Lipinski definition) is 6. The van der Waals surface area contributed by atoms with Crippen molar-refractivity contribution in [3.8, 4) is 11.1 Å². The van der Waals surface area contributed by atoms with Crippen LogP contribution in [0, 0.1) is 0 Å². The monoisotopic (exact) mass is 369 g/mol. The van der Waals surface area contributed by atoms with Crippen molar-refractivity contribution in [2.75, 3.05) is 31.2 Å². The highest BCUT2D eigenvalue weighted by molar-refractivity contribution is 7.17. The molecule has 0 aliphatic heterocycles. The van der Waals surface area contributed by atoms with Gasteiger partial charge >= 0.3 is 0 Å². The fraction of sp³-hybridized carbons (Fsp3) is 0.400. The molecule has 0 radical (unpaired) electrons. The smallest absolute Gasteiger partial charge is 0.141 e. The van der Waals surface area contributed by atoms with Crippen molar-refractivity contribution in [3.05, 3.63) is 41.0 Å². The molecule has 136 valence electrons. The lowest BCUT2D eigenvalue weighted by Crippen LogP contribution is -2.30. The SMILES string of the molecule is OCCN(CCO)c1ncnc2scc(-c3ccc4c(c3)CCCC4)c12. The Hall–Kier alpha value is -2.02. The number of anilines is 1. The van der Waals surface area contributed by atoms with Crippen LogP contribution in [-0.2, 0) is 12.8 Å². The van der Waals surface area contributed by atoms with E-state index in [2.05, 4.69) is 33.5 Å². The number of fused-ring (bicyclic) bond motifs is 2. The molecule has 0 saturated heterocycles. The first kappa shape index (κ1) is 17.4. The van der Waals surface area contributed by atoms with Crippen LogP contribution in [0.3, 0.4) is 0 Å². The van der Waals surface area contributed by atoms with Crippen molar-refractivity contribution in [2.24, 2.45) is 0 Å². The number of rotatable bonds is 6. The summed E-state index contributed by atoms with van der Waals surface area (Å²) in [6.45, 7) is 0.909. The number of aromatic nitrogens is 2. The Balaban J connectivity index is 1.83. The summed E-state index contributed by atoms with van der Waals surface area (Å²) in [4.78, 5) is 11.8. The molecule has 2 aromatic heterocycles. The summed E-state index contributed by atoms with van der Waals surface area (Å²) in [6, 6.07) is 6.77. The van der Waals surface area contributed by atoms with Gasteiger partial charge in [0.05, 0.1) is 18.6 Å². The summed E-state index contributed by atoms with van der Waals surface area (Å²) in [7, 11) is 0. The van der Waals surface area contributed by atoms with Crippen molar-refractivity contribution < 1.29 is 10.2 Å². The van der Waals surface area contributed by atoms with Gasteiger partial charge in [0, 0.05) is 24.0 Å². The molecule has 2 heterocycles. The molecule has 0 fully saturated rings. The van der Waals surface area contributed by atoms with E-state index in [0.717, 1.165) is 28.0 Å². The molecule has 6 heteroatoms. The number of nitrogens with zero attached hydrogens (tertiary/aromatic N) is 3. The third kappa shape index (κ3) is 3.20. The van der Waals surface area contributed by atoms with Gasteiger partial charge < -0.3 is 15.1 Å². The third-order valence-corrected chi connectivity index (χ3v) is 5.94. The fourth-order valence-corrected chi connectivity index (χ4v) is 4.69. The van der Waals surface area contributed by atoms with E-state index < -0.39 is 0 Å². The Morgan fingerprint density at radius 3 is 2.54 bits per heavy atom. The third-order valence-electron chi connectivity index (χ3n) is 5.05. The second kappa shape index (κ2) is 7.70. The molecule has 2 N–H and O–H groups in total. The van der Waals surface area contributed by atoms with Crippen molar-refractivity contribution in [2.45, 2.75) is 25.7 Å². The van der Waals surface area contributed by atoms with E-state index in [-0.39, 0.29) is 13.2 Å². The first-order valence-electron chi connectivity index (χ1n) is 9.13. The predicted octanol–water partition coefficient (Wildman–Crippen LogP) is 3.03. The normalized spacial score (nSPS) is 13.8. The highest BCUT2D eigenvalue weighted by atomic mass is 32.1. The van der Waals surface area contributed by atoms with Gasteiger partial charge in [-0.15, -0.1) is 11.3 Å². The lowest BCUT2D eigenvalue weighted by atomic mass is 9.89. The van der Waals surface area contributed by atoms with E-state index in [9.17, 15) is 10.2 Å². The summed E-state index contributed by atoms with van der Waals surface area (Å²) in [5.41, 5.74) is 5.25. The van der Waals surface area contributed by atoms with Gasteiger partial charge in [-0.1, -0.05) is 18.2 Å². The lowest BCUT2D eigenvalue weighted by Gasteiger charge is -2.23. The molecule has 0 spiro atoms. The Morgan fingerprint density at radius 1 is 1.00 bits per heavy atom. The van der Waals surface area contributed by atoms with Gasteiger partial charge in [0.25, 0.3) is 0 Å². The van der Waals surface area contributed by atoms with Crippen molar-refractivity contribution in [1.29, 1.82) is 0 Å². The van der Waals surface area contributed by atoms with Crippen LogP contribution in [0.15, 0.2) is 29.9 Å². The van der Waals surface area contributed by atoms with Crippen LogP contribution in [0.2, 0.25) is 0 Å². The summed E-state index contributed by atoms with van der Waals surface area (Å²) < 4.78 is 0. The molecule has 0 unspecified atom stereocenters. The predicted molar refractivity (Wildman–Crippen MR) is 106 cm³/mol. The Labute approximate surface area is 157 Å². The molecule has 0 amide bonds. The van der Waals surface area contributed by atoms with Crippen LogP contribution in [0.1, 0.15) is 24.0 Å². The van der Waals surface area contributed by atoms with Crippen molar-refractivity contribution in [1.82, 2.24) is 9.97 Å². The van der Waals surface area contributed by atoms with Gasteiger partial charge in [-0.2, -0.15) is 0 Å². The van der Waals surface area contributed by atoms with E-state index in [0.29, 0.717) is 13.1 Å². The molecular weight excluding hydrogens is 346 g/mol. The van der Waals surface area contributed by atoms with Crippen LogP contribution in [-0.4, -0.2) is 46.5 Å². The van der Waals surface area contributed by atoms with Crippen LogP contribution >= 0.6 is 11.3 Å². The number of thiophene rings is 1. The standard InChI is InChI=1S/C20H23N3O2S/c24-9-7-23(8-10-25)19-18-17(12-26-20(18)22-13-21-19)16-6-5-14-3-1-2-4-15(14)11-16/h5-6,11-13,24-25H,1-4,7-10H2. The van der Waals surface area contributed by atoms with Gasteiger partial charge in [-0.25, -0.2) is 9.97 Å². The summed E-state index contributed by atoms with van der Waals surface area (Å²) in [5.74, 6) is 0.784. The molecule has 1 aromatic carbocycles. The zero-order valence-electron chi connectivity index (χ0n) is 14.7. The largest absolute Gasteiger partial charge is 0.395 e. The molecule has 1 aliphatic carbocycles. The summed E-state index contributed by atoms with van der Waals surface area (Å²) >= 11 is 1.61. The zero-order valence-corrected chi connectivity index (χ0v) is 15.5. The van der Waals surface area contributed by atoms with Gasteiger partial charge in [0.15, 0.2) is 0 Å². The number of hydrogen-bond donors (Lipinski definition) is 2. The second-order valence-corrected chi connectivity index (χ2v) is 7.51. The topological polar surface area (TPSA) is 69.5 Å². The number of benzene rings is 1. The fourth-order valence-electron chi connectivity index (χ4n) is 3.78. The molecule has 26 heavy (non-hydrogen) atoms. The average Bonchev–Trinajstić information content (AvgIpc) is 3.12. The first-order chi connectivity index (χ1) is 12.8. The quantitative estimate of drug-likeness (QED) is 0.699. The van der Waals surface area contributed by atoms with E-state index >= 15 is 0 Å². The number of aliphatic hydroxyl groups is 2. The highest BCUT2D eigenvalue weighted by Crippen LogP contribution is 2.39. The number of aliphatic hydroxyl groups excluding tert-OH is 2. The molecular formula is C20H23N3O2S. The minimum Gasteiger partial charge on any atom is -0.395 e. The zero-order chi connectivity index (χ0) is 17.9. The lowest BCUT2D eigenvalue weighted by molar-refractivity contribution is 0.281. The summed E-state index contributed by atoms with van der Waals surface area (Å²) in [5, 5.41) is 22.0.